The minimum absolute atomic E-state index is 0.0411. The standard InChI is InChI=1S/C25H27N5O3Si/c1-29-19-14-18(12-13-34(2,3)4)10-11-21(19)33-16-20(25(29)32)30-22(27-24(28-30)23(26)31)15-17-8-6-5-7-9-17/h5-11,14,20H,15-16H2,1-4H3,(H2,26,31)/t20-/m0/s1. The highest BCUT2D eigenvalue weighted by Gasteiger charge is 2.34. The van der Waals surface area contributed by atoms with Crippen molar-refractivity contribution in [2.45, 2.75) is 32.1 Å². The highest BCUT2D eigenvalue weighted by molar-refractivity contribution is 6.83. The summed E-state index contributed by atoms with van der Waals surface area (Å²) in [7, 11) is 0.150. The van der Waals surface area contributed by atoms with Gasteiger partial charge in [-0.3, -0.25) is 9.59 Å². The molecule has 9 heteroatoms. The molecule has 0 unspecified atom stereocenters. The van der Waals surface area contributed by atoms with Gasteiger partial charge in [-0.15, -0.1) is 10.6 Å². The van der Waals surface area contributed by atoms with E-state index in [4.69, 9.17) is 10.5 Å². The molecule has 2 aromatic carbocycles. The summed E-state index contributed by atoms with van der Waals surface area (Å²) < 4.78 is 7.49. The summed E-state index contributed by atoms with van der Waals surface area (Å²) in [6, 6.07) is 14.4. The van der Waals surface area contributed by atoms with Gasteiger partial charge in [0.2, 0.25) is 5.82 Å². The van der Waals surface area contributed by atoms with Gasteiger partial charge in [0.25, 0.3) is 11.8 Å². The van der Waals surface area contributed by atoms with E-state index in [1.807, 2.05) is 48.5 Å². The molecule has 8 nitrogen and oxygen atoms in total. The number of primary amides is 1. The molecule has 2 amide bonds. The first-order chi connectivity index (χ1) is 16.1. The molecule has 1 aromatic heterocycles. The van der Waals surface area contributed by atoms with E-state index in [9.17, 15) is 9.59 Å². The largest absolute Gasteiger partial charge is 0.489 e. The van der Waals surface area contributed by atoms with Crippen LogP contribution in [0.15, 0.2) is 48.5 Å². The number of rotatable bonds is 4. The lowest BCUT2D eigenvalue weighted by atomic mass is 10.1. The van der Waals surface area contributed by atoms with E-state index in [2.05, 4.69) is 41.2 Å². The second-order valence-corrected chi connectivity index (χ2v) is 14.0. The molecule has 2 N–H and O–H groups in total. The van der Waals surface area contributed by atoms with E-state index in [-0.39, 0.29) is 18.3 Å². The van der Waals surface area contributed by atoms with Crippen LogP contribution in [0.25, 0.3) is 0 Å². The Morgan fingerprint density at radius 1 is 1.21 bits per heavy atom. The van der Waals surface area contributed by atoms with Crippen molar-refractivity contribution >= 4 is 25.6 Å². The highest BCUT2D eigenvalue weighted by Crippen LogP contribution is 2.34. The molecular formula is C25H27N5O3Si. The third-order valence-electron chi connectivity index (χ3n) is 5.34. The van der Waals surface area contributed by atoms with E-state index in [0.717, 1.165) is 11.1 Å². The van der Waals surface area contributed by atoms with Crippen molar-refractivity contribution in [2.24, 2.45) is 5.73 Å². The van der Waals surface area contributed by atoms with Crippen LogP contribution >= 0.6 is 0 Å². The molecule has 1 aliphatic rings. The second kappa shape index (κ2) is 9.15. The van der Waals surface area contributed by atoms with Crippen LogP contribution in [0.1, 0.15) is 33.6 Å². The fourth-order valence-electron chi connectivity index (χ4n) is 3.60. The van der Waals surface area contributed by atoms with Crippen molar-refractivity contribution in [1.29, 1.82) is 0 Å². The molecule has 0 spiro atoms. The van der Waals surface area contributed by atoms with Gasteiger partial charge in [-0.05, 0) is 23.8 Å². The molecule has 0 fully saturated rings. The van der Waals surface area contributed by atoms with Crippen molar-refractivity contribution < 1.29 is 14.3 Å². The lowest BCUT2D eigenvalue weighted by Crippen LogP contribution is -2.36. The Morgan fingerprint density at radius 3 is 2.62 bits per heavy atom. The number of nitrogens with two attached hydrogens (primary N) is 1. The Morgan fingerprint density at radius 2 is 1.94 bits per heavy atom. The summed E-state index contributed by atoms with van der Waals surface area (Å²) in [5.41, 5.74) is 11.2. The molecule has 0 saturated heterocycles. The van der Waals surface area contributed by atoms with Crippen LogP contribution in [0.5, 0.6) is 5.75 Å². The lowest BCUT2D eigenvalue weighted by Gasteiger charge is -2.21. The topological polar surface area (TPSA) is 103 Å². The van der Waals surface area contributed by atoms with Crippen LogP contribution < -0.4 is 15.4 Å². The molecule has 0 bridgehead atoms. The number of ether oxygens (including phenoxy) is 1. The fraction of sp³-hybridized carbons (Fsp3) is 0.280. The molecule has 0 saturated carbocycles. The monoisotopic (exact) mass is 473 g/mol. The Bertz CT molecular complexity index is 1300. The van der Waals surface area contributed by atoms with E-state index < -0.39 is 20.0 Å². The minimum Gasteiger partial charge on any atom is -0.489 e. The number of amides is 2. The Hall–Kier alpha value is -3.90. The first-order valence-electron chi connectivity index (χ1n) is 11.0. The summed E-state index contributed by atoms with van der Waals surface area (Å²) in [6.45, 7) is 6.58. The van der Waals surface area contributed by atoms with E-state index >= 15 is 0 Å². The number of anilines is 1. The molecule has 2 heterocycles. The van der Waals surface area contributed by atoms with Gasteiger partial charge in [-0.1, -0.05) is 55.9 Å². The zero-order valence-electron chi connectivity index (χ0n) is 19.7. The number of hydrogen-bond acceptors (Lipinski definition) is 5. The van der Waals surface area contributed by atoms with Gasteiger partial charge >= 0.3 is 0 Å². The average molecular weight is 474 g/mol. The molecule has 34 heavy (non-hydrogen) atoms. The summed E-state index contributed by atoms with van der Waals surface area (Å²) >= 11 is 0. The summed E-state index contributed by atoms with van der Waals surface area (Å²) in [5.74, 6) is 3.15. The predicted octanol–water partition coefficient (Wildman–Crippen LogP) is 2.79. The van der Waals surface area contributed by atoms with Crippen LogP contribution in [-0.4, -0.2) is 48.3 Å². The predicted molar refractivity (Wildman–Crippen MR) is 132 cm³/mol. The van der Waals surface area contributed by atoms with Gasteiger partial charge in [0.15, 0.2) is 6.04 Å². The van der Waals surface area contributed by atoms with Crippen LogP contribution in [-0.2, 0) is 11.2 Å². The number of carbonyl (C=O) groups is 2. The Labute approximate surface area is 199 Å². The van der Waals surface area contributed by atoms with Gasteiger partial charge < -0.3 is 15.4 Å². The zero-order chi connectivity index (χ0) is 24.5. The second-order valence-electron chi connectivity index (χ2n) is 9.23. The highest BCUT2D eigenvalue weighted by atomic mass is 28.3. The fourth-order valence-corrected chi connectivity index (χ4v) is 4.12. The van der Waals surface area contributed by atoms with Crippen LogP contribution in [0.2, 0.25) is 19.6 Å². The SMILES string of the molecule is CN1C(=O)[C@@H](n2nc(C(N)=O)nc2Cc2ccccc2)COc2ccc(C#C[Si](C)(C)C)cc21. The number of hydrogen-bond donors (Lipinski definition) is 1. The number of aromatic nitrogens is 3. The molecular weight excluding hydrogens is 446 g/mol. The van der Waals surface area contributed by atoms with Gasteiger partial charge in [-0.2, -0.15) is 0 Å². The molecule has 1 atom stereocenters. The third-order valence-corrected chi connectivity index (χ3v) is 6.21. The van der Waals surface area contributed by atoms with Gasteiger partial charge in [0.05, 0.1) is 5.69 Å². The first-order valence-corrected chi connectivity index (χ1v) is 14.5. The normalized spacial score (nSPS) is 15.6. The minimum atomic E-state index is -1.55. The van der Waals surface area contributed by atoms with E-state index in [1.165, 1.54) is 4.68 Å². The van der Waals surface area contributed by atoms with Crippen molar-refractivity contribution in [3.05, 3.63) is 71.3 Å². The molecule has 0 radical (unpaired) electrons. The molecule has 1 aliphatic heterocycles. The Balaban J connectivity index is 1.69. The number of benzene rings is 2. The molecule has 3 aromatic rings. The van der Waals surface area contributed by atoms with Crippen LogP contribution in [0.4, 0.5) is 5.69 Å². The van der Waals surface area contributed by atoms with Crippen LogP contribution in [0.3, 0.4) is 0 Å². The molecule has 0 aliphatic carbocycles. The maximum absolute atomic E-state index is 13.5. The van der Waals surface area contributed by atoms with Gasteiger partial charge in [-0.25, -0.2) is 9.67 Å². The molecule has 174 valence electrons. The van der Waals surface area contributed by atoms with Crippen molar-refractivity contribution in [1.82, 2.24) is 14.8 Å². The van der Waals surface area contributed by atoms with Gasteiger partial charge in [0.1, 0.15) is 26.3 Å². The summed E-state index contributed by atoms with van der Waals surface area (Å²) in [5, 5.41) is 4.28. The maximum atomic E-state index is 13.5. The molecule has 4 rings (SSSR count). The third kappa shape index (κ3) is 5.02. The van der Waals surface area contributed by atoms with Crippen molar-refractivity contribution in [3.63, 3.8) is 0 Å². The lowest BCUT2D eigenvalue weighted by molar-refractivity contribution is -0.122. The first kappa shape index (κ1) is 23.3. The average Bonchev–Trinajstić information content (AvgIpc) is 3.16. The summed E-state index contributed by atoms with van der Waals surface area (Å²) in [4.78, 5) is 31.2. The summed E-state index contributed by atoms with van der Waals surface area (Å²) in [6.07, 6.45) is 0.387. The van der Waals surface area contributed by atoms with Crippen molar-refractivity contribution in [2.75, 3.05) is 18.6 Å². The quantitative estimate of drug-likeness (QED) is 0.464. The van der Waals surface area contributed by atoms with Crippen molar-refractivity contribution in [3.8, 4) is 17.2 Å². The van der Waals surface area contributed by atoms with Crippen LogP contribution in [0, 0.1) is 11.5 Å². The number of carbonyl (C=O) groups excluding carboxylic acids is 2. The number of likely N-dealkylation sites (N-methyl/N-ethyl adjacent to an activating group) is 1. The number of nitrogens with zero attached hydrogens (tertiary/aromatic N) is 4. The van der Waals surface area contributed by atoms with Gasteiger partial charge in [0, 0.05) is 19.0 Å². The number of fused-ring (bicyclic) bond motifs is 1. The smallest absolute Gasteiger partial charge is 0.288 e. The van der Waals surface area contributed by atoms with E-state index in [0.29, 0.717) is 23.7 Å². The maximum Gasteiger partial charge on any atom is 0.288 e. The zero-order valence-corrected chi connectivity index (χ0v) is 20.7. The van der Waals surface area contributed by atoms with E-state index in [1.54, 1.807) is 11.9 Å². The Kier molecular flexibility index (Phi) is 6.26.